The number of amides is 2. The summed E-state index contributed by atoms with van der Waals surface area (Å²) >= 11 is 5.67. The van der Waals surface area contributed by atoms with Gasteiger partial charge in [-0.3, -0.25) is 19.6 Å². The number of carbonyl (C=O) groups is 2. The Morgan fingerprint density at radius 2 is 1.96 bits per heavy atom. The molecule has 1 atom stereocenters. The Labute approximate surface area is 143 Å². The summed E-state index contributed by atoms with van der Waals surface area (Å²) in [6.45, 7) is 3.88. The number of aryl methyl sites for hydroxylation is 1. The van der Waals surface area contributed by atoms with E-state index in [0.29, 0.717) is 22.8 Å². The highest BCUT2D eigenvalue weighted by Gasteiger charge is 2.36. The normalized spacial score (nSPS) is 15.6. The van der Waals surface area contributed by atoms with E-state index in [1.165, 1.54) is 4.90 Å². The van der Waals surface area contributed by atoms with Gasteiger partial charge in [0, 0.05) is 36.0 Å². The van der Waals surface area contributed by atoms with Crippen molar-refractivity contribution < 1.29 is 9.59 Å². The first-order chi connectivity index (χ1) is 11.5. The molecule has 1 aromatic heterocycles. The second-order valence-electron chi connectivity index (χ2n) is 5.70. The molecule has 3 rings (SSSR count). The van der Waals surface area contributed by atoms with Crippen LogP contribution in [0.25, 0.3) is 0 Å². The third-order valence-corrected chi connectivity index (χ3v) is 4.04. The summed E-state index contributed by atoms with van der Waals surface area (Å²) in [6, 6.07) is 8.59. The maximum absolute atomic E-state index is 12.4. The summed E-state index contributed by atoms with van der Waals surface area (Å²) in [6.07, 6.45) is 0. The van der Waals surface area contributed by atoms with Crippen LogP contribution >= 0.6 is 11.8 Å². The summed E-state index contributed by atoms with van der Waals surface area (Å²) in [7, 11) is 0. The van der Waals surface area contributed by atoms with Crippen LogP contribution in [-0.2, 0) is 0 Å². The standard InChI is InChI=1S/C16H16ClN5O2/c1-9(14(19-17)18-13-7-10(2)20-21-13)8-22-15(23)11-5-3-4-6-12(11)16(22)24/h3-7,9H,8H2,1-2H3,(H2,18,19,20,21). The number of aromatic amines is 1. The largest absolute Gasteiger partial charge is 0.326 e. The average Bonchev–Trinajstić information content (AvgIpc) is 3.10. The van der Waals surface area contributed by atoms with E-state index in [2.05, 4.69) is 20.0 Å². The average molecular weight is 346 g/mol. The van der Waals surface area contributed by atoms with Crippen LogP contribution in [0, 0.1) is 12.8 Å². The Balaban J connectivity index is 1.73. The van der Waals surface area contributed by atoms with E-state index in [4.69, 9.17) is 11.8 Å². The van der Waals surface area contributed by atoms with Crippen molar-refractivity contribution in [2.24, 2.45) is 10.4 Å². The van der Waals surface area contributed by atoms with Crippen molar-refractivity contribution in [3.8, 4) is 0 Å². The van der Waals surface area contributed by atoms with Gasteiger partial charge in [0.05, 0.1) is 11.1 Å². The smallest absolute Gasteiger partial charge is 0.261 e. The summed E-state index contributed by atoms with van der Waals surface area (Å²) in [5, 5.41) is 9.86. The highest BCUT2D eigenvalue weighted by atomic mass is 35.5. The van der Waals surface area contributed by atoms with Gasteiger partial charge in [0.2, 0.25) is 0 Å². The van der Waals surface area contributed by atoms with Crippen LogP contribution in [-0.4, -0.2) is 39.3 Å². The molecule has 1 aromatic carbocycles. The van der Waals surface area contributed by atoms with Crippen LogP contribution in [0.5, 0.6) is 0 Å². The zero-order valence-electron chi connectivity index (χ0n) is 13.2. The first kappa shape index (κ1) is 16.2. The number of fused-ring (bicyclic) bond motifs is 1. The Hall–Kier alpha value is -2.67. The lowest BCUT2D eigenvalue weighted by Gasteiger charge is -2.20. The Morgan fingerprint density at radius 3 is 2.46 bits per heavy atom. The molecule has 1 aliphatic heterocycles. The fourth-order valence-corrected chi connectivity index (χ4v) is 2.82. The predicted octanol–water partition coefficient (Wildman–Crippen LogP) is 2.61. The quantitative estimate of drug-likeness (QED) is 0.506. The second kappa shape index (κ2) is 6.45. The summed E-state index contributed by atoms with van der Waals surface area (Å²) in [4.78, 5) is 26.0. The molecule has 124 valence electrons. The Bertz CT molecular complexity index is 794. The molecule has 7 nitrogen and oxygen atoms in total. The van der Waals surface area contributed by atoms with Gasteiger partial charge in [-0.2, -0.15) is 9.61 Å². The molecule has 0 saturated carbocycles. The van der Waals surface area contributed by atoms with Gasteiger partial charge < -0.3 is 5.32 Å². The highest BCUT2D eigenvalue weighted by molar-refractivity contribution is 6.23. The maximum atomic E-state index is 12.4. The molecule has 2 heterocycles. The van der Waals surface area contributed by atoms with Gasteiger partial charge in [0.1, 0.15) is 5.84 Å². The number of nitrogens with zero attached hydrogens (tertiary/aromatic N) is 3. The molecule has 0 bridgehead atoms. The molecule has 0 spiro atoms. The van der Waals surface area contributed by atoms with Crippen LogP contribution in [0.4, 0.5) is 5.82 Å². The fourth-order valence-electron chi connectivity index (χ4n) is 2.61. The molecule has 2 aromatic rings. The zero-order valence-corrected chi connectivity index (χ0v) is 14.0. The van der Waals surface area contributed by atoms with Gasteiger partial charge in [0.15, 0.2) is 5.82 Å². The zero-order chi connectivity index (χ0) is 17.3. The van der Waals surface area contributed by atoms with Crippen LogP contribution in [0.1, 0.15) is 33.3 Å². The van der Waals surface area contributed by atoms with Gasteiger partial charge in [-0.25, -0.2) is 0 Å². The number of halogens is 1. The van der Waals surface area contributed by atoms with Gasteiger partial charge in [0.25, 0.3) is 11.8 Å². The summed E-state index contributed by atoms with van der Waals surface area (Å²) in [5.41, 5.74) is 1.74. The van der Waals surface area contributed by atoms with E-state index in [9.17, 15) is 9.59 Å². The number of aromatic nitrogens is 2. The first-order valence-electron chi connectivity index (χ1n) is 7.44. The Morgan fingerprint density at radius 1 is 1.33 bits per heavy atom. The first-order valence-corrected chi connectivity index (χ1v) is 7.78. The molecule has 1 unspecified atom stereocenters. The number of benzene rings is 1. The van der Waals surface area contributed by atoms with Crippen molar-refractivity contribution in [2.45, 2.75) is 13.8 Å². The third-order valence-electron chi connectivity index (χ3n) is 3.85. The molecule has 2 amide bonds. The molecular formula is C16H16ClN5O2. The van der Waals surface area contributed by atoms with Crippen LogP contribution in [0.2, 0.25) is 0 Å². The second-order valence-corrected chi connectivity index (χ2v) is 5.87. The predicted molar refractivity (Wildman–Crippen MR) is 91.2 cm³/mol. The van der Waals surface area contributed by atoms with Crippen molar-refractivity contribution in [3.05, 3.63) is 47.2 Å². The number of hydrogen-bond donors (Lipinski definition) is 2. The van der Waals surface area contributed by atoms with E-state index in [-0.39, 0.29) is 24.3 Å². The molecular weight excluding hydrogens is 330 g/mol. The number of hydrogen-bond acceptors (Lipinski definition) is 4. The third kappa shape index (κ3) is 2.90. The van der Waals surface area contributed by atoms with Gasteiger partial charge in [-0.05, 0) is 19.1 Å². The van der Waals surface area contributed by atoms with Crippen molar-refractivity contribution in [2.75, 3.05) is 11.9 Å². The lowest BCUT2D eigenvalue weighted by atomic mass is 10.1. The molecule has 0 saturated heterocycles. The number of anilines is 1. The minimum atomic E-state index is -0.299. The van der Waals surface area contributed by atoms with Gasteiger partial charge >= 0.3 is 0 Å². The number of carbonyl (C=O) groups excluding carboxylic acids is 2. The van der Waals surface area contributed by atoms with E-state index < -0.39 is 0 Å². The van der Waals surface area contributed by atoms with Crippen molar-refractivity contribution in [3.63, 3.8) is 0 Å². The molecule has 2 N–H and O–H groups in total. The maximum Gasteiger partial charge on any atom is 0.261 e. The topological polar surface area (TPSA) is 90.4 Å². The Kier molecular flexibility index (Phi) is 4.35. The molecule has 0 radical (unpaired) electrons. The monoisotopic (exact) mass is 345 g/mol. The van der Waals surface area contributed by atoms with Crippen molar-refractivity contribution in [1.82, 2.24) is 15.1 Å². The van der Waals surface area contributed by atoms with Crippen LogP contribution in [0.3, 0.4) is 0 Å². The SMILES string of the molecule is Cc1cc(N/C(=N/Cl)C(C)CN2C(=O)c3ccccc3C2=O)n[nH]1. The molecule has 0 fully saturated rings. The van der Waals surface area contributed by atoms with Crippen molar-refractivity contribution >= 4 is 35.2 Å². The molecule has 8 heteroatoms. The number of H-pyrrole nitrogens is 1. The van der Waals surface area contributed by atoms with E-state index in [1.807, 2.05) is 13.8 Å². The molecule has 24 heavy (non-hydrogen) atoms. The summed E-state index contributed by atoms with van der Waals surface area (Å²) < 4.78 is 3.71. The van der Waals surface area contributed by atoms with Crippen LogP contribution < -0.4 is 5.32 Å². The minimum Gasteiger partial charge on any atom is -0.326 e. The molecule has 1 aliphatic rings. The number of amidine groups is 1. The highest BCUT2D eigenvalue weighted by Crippen LogP contribution is 2.23. The lowest BCUT2D eigenvalue weighted by Crippen LogP contribution is -2.38. The number of nitrogens with one attached hydrogen (secondary N) is 2. The fraction of sp³-hybridized carbons (Fsp3) is 0.250. The van der Waals surface area contributed by atoms with Crippen LogP contribution in [0.15, 0.2) is 34.8 Å². The van der Waals surface area contributed by atoms with E-state index >= 15 is 0 Å². The minimum absolute atomic E-state index is 0.175. The number of rotatable bonds is 4. The molecule has 0 aliphatic carbocycles. The van der Waals surface area contributed by atoms with E-state index in [0.717, 1.165) is 5.69 Å². The lowest BCUT2D eigenvalue weighted by molar-refractivity contribution is 0.0645. The van der Waals surface area contributed by atoms with Crippen molar-refractivity contribution in [1.29, 1.82) is 0 Å². The summed E-state index contributed by atoms with van der Waals surface area (Å²) in [5.74, 6) is 0.126. The number of imide groups is 1. The van der Waals surface area contributed by atoms with Gasteiger partial charge in [-0.15, -0.1) is 0 Å². The van der Waals surface area contributed by atoms with Gasteiger partial charge in [-0.1, -0.05) is 19.1 Å². The van der Waals surface area contributed by atoms with E-state index in [1.54, 1.807) is 30.3 Å².